The van der Waals surface area contributed by atoms with Crippen LogP contribution in [0.5, 0.6) is 5.75 Å². The number of ether oxygens (including phenoxy) is 1. The van der Waals surface area contributed by atoms with Crippen molar-refractivity contribution in [3.8, 4) is 16.3 Å². The molecule has 0 amide bonds. The van der Waals surface area contributed by atoms with Gasteiger partial charge in [-0.2, -0.15) is 9.61 Å². The Bertz CT molecular complexity index is 930. The van der Waals surface area contributed by atoms with E-state index in [0.717, 1.165) is 48.3 Å². The molecule has 0 saturated carbocycles. The Kier molecular flexibility index (Phi) is 3.91. The number of aromatic nitrogens is 3. The Hall–Kier alpha value is -2.45. The molecule has 1 saturated heterocycles. The Labute approximate surface area is 142 Å². The zero-order chi connectivity index (χ0) is 16.5. The summed E-state index contributed by atoms with van der Waals surface area (Å²) in [6, 6.07) is 9.20. The third-order valence-corrected chi connectivity index (χ3v) is 4.95. The highest BCUT2D eigenvalue weighted by atomic mass is 32.1. The first-order valence-electron chi connectivity index (χ1n) is 7.75. The molecule has 0 unspecified atom stereocenters. The minimum absolute atomic E-state index is 0.154. The maximum Gasteiger partial charge on any atom is 0.277 e. The van der Waals surface area contributed by atoms with Crippen molar-refractivity contribution in [2.75, 3.05) is 38.2 Å². The summed E-state index contributed by atoms with van der Waals surface area (Å²) in [5, 5.41) is 8.46. The van der Waals surface area contributed by atoms with E-state index in [2.05, 4.69) is 20.3 Å². The van der Waals surface area contributed by atoms with Crippen molar-refractivity contribution in [2.24, 2.45) is 0 Å². The molecule has 0 bridgehead atoms. The van der Waals surface area contributed by atoms with Gasteiger partial charge in [0.15, 0.2) is 0 Å². The van der Waals surface area contributed by atoms with Crippen molar-refractivity contribution in [3.05, 3.63) is 40.7 Å². The van der Waals surface area contributed by atoms with Gasteiger partial charge in [0, 0.05) is 37.8 Å². The molecule has 3 aromatic rings. The van der Waals surface area contributed by atoms with E-state index in [1.54, 1.807) is 13.2 Å². The van der Waals surface area contributed by atoms with E-state index in [9.17, 15) is 4.79 Å². The predicted octanol–water partition coefficient (Wildman–Crippen LogP) is 1.24. The molecule has 0 aliphatic carbocycles. The standard InChI is InChI=1S/C16H17N5O2S/c1-23-12-4-2-3-11(9-12)15-19-21-14(22)10-13(18-16(21)24-15)20-7-5-17-6-8-20/h2-4,9-10,17H,5-8H2,1H3. The summed E-state index contributed by atoms with van der Waals surface area (Å²) in [4.78, 5) is 19.8. The van der Waals surface area contributed by atoms with Crippen LogP contribution >= 0.6 is 11.3 Å². The third kappa shape index (κ3) is 2.74. The number of fused-ring (bicyclic) bond motifs is 1. The minimum atomic E-state index is -0.154. The highest BCUT2D eigenvalue weighted by molar-refractivity contribution is 7.19. The first kappa shape index (κ1) is 15.1. The third-order valence-electron chi connectivity index (χ3n) is 3.99. The van der Waals surface area contributed by atoms with Gasteiger partial charge in [0.2, 0.25) is 4.96 Å². The van der Waals surface area contributed by atoms with Crippen LogP contribution in [0.3, 0.4) is 0 Å². The fraction of sp³-hybridized carbons (Fsp3) is 0.312. The van der Waals surface area contributed by atoms with Gasteiger partial charge in [-0.1, -0.05) is 23.5 Å². The van der Waals surface area contributed by atoms with Gasteiger partial charge >= 0.3 is 0 Å². The zero-order valence-corrected chi connectivity index (χ0v) is 14.0. The summed E-state index contributed by atoms with van der Waals surface area (Å²) in [7, 11) is 1.63. The van der Waals surface area contributed by atoms with Crippen molar-refractivity contribution in [3.63, 3.8) is 0 Å². The second-order valence-electron chi connectivity index (χ2n) is 5.52. The van der Waals surface area contributed by atoms with E-state index >= 15 is 0 Å². The number of nitrogens with one attached hydrogen (secondary N) is 1. The first-order chi connectivity index (χ1) is 11.7. The molecule has 7 nitrogen and oxygen atoms in total. The molecule has 24 heavy (non-hydrogen) atoms. The lowest BCUT2D eigenvalue weighted by molar-refractivity contribution is 0.415. The molecule has 8 heteroatoms. The van der Waals surface area contributed by atoms with E-state index in [1.165, 1.54) is 15.9 Å². The zero-order valence-electron chi connectivity index (χ0n) is 13.2. The number of hydrogen-bond donors (Lipinski definition) is 1. The molecular formula is C16H17N5O2S. The molecule has 1 aliphatic rings. The Balaban J connectivity index is 1.77. The second kappa shape index (κ2) is 6.21. The van der Waals surface area contributed by atoms with Gasteiger partial charge in [-0.3, -0.25) is 4.79 Å². The fourth-order valence-electron chi connectivity index (χ4n) is 2.73. The molecule has 2 aromatic heterocycles. The molecular weight excluding hydrogens is 326 g/mol. The van der Waals surface area contributed by atoms with Crippen LogP contribution in [-0.2, 0) is 0 Å². The highest BCUT2D eigenvalue weighted by Crippen LogP contribution is 2.27. The Morgan fingerprint density at radius 2 is 2.08 bits per heavy atom. The summed E-state index contributed by atoms with van der Waals surface area (Å²) in [6.07, 6.45) is 0. The molecule has 1 aromatic carbocycles. The maximum absolute atomic E-state index is 12.4. The number of methoxy groups -OCH3 is 1. The van der Waals surface area contributed by atoms with Crippen molar-refractivity contribution in [2.45, 2.75) is 0 Å². The molecule has 0 radical (unpaired) electrons. The molecule has 4 rings (SSSR count). The normalized spacial score (nSPS) is 15.0. The summed E-state index contributed by atoms with van der Waals surface area (Å²) in [5.41, 5.74) is 0.756. The molecule has 1 N–H and O–H groups in total. The van der Waals surface area contributed by atoms with Gasteiger partial charge in [0.1, 0.15) is 16.6 Å². The van der Waals surface area contributed by atoms with Gasteiger partial charge in [0.05, 0.1) is 7.11 Å². The number of hydrogen-bond acceptors (Lipinski definition) is 7. The number of rotatable bonds is 3. The van der Waals surface area contributed by atoms with Crippen LogP contribution in [0.2, 0.25) is 0 Å². The average Bonchev–Trinajstić information content (AvgIpc) is 3.07. The molecule has 1 aliphatic heterocycles. The lowest BCUT2D eigenvalue weighted by Gasteiger charge is -2.27. The summed E-state index contributed by atoms with van der Waals surface area (Å²) in [6.45, 7) is 3.51. The summed E-state index contributed by atoms with van der Waals surface area (Å²) < 4.78 is 6.62. The van der Waals surface area contributed by atoms with Crippen LogP contribution < -0.4 is 20.5 Å². The Morgan fingerprint density at radius 1 is 1.25 bits per heavy atom. The van der Waals surface area contributed by atoms with Crippen LogP contribution in [0.1, 0.15) is 0 Å². The predicted molar refractivity (Wildman–Crippen MR) is 94.2 cm³/mol. The van der Waals surface area contributed by atoms with Gasteiger partial charge in [-0.25, -0.2) is 4.98 Å². The van der Waals surface area contributed by atoms with Crippen LogP contribution in [0.25, 0.3) is 15.5 Å². The number of benzene rings is 1. The summed E-state index contributed by atoms with van der Waals surface area (Å²) >= 11 is 1.40. The number of anilines is 1. The SMILES string of the molecule is COc1cccc(-c2nn3c(=O)cc(N4CCNCC4)nc3s2)c1. The van der Waals surface area contributed by atoms with Crippen LogP contribution in [0, 0.1) is 0 Å². The van der Waals surface area contributed by atoms with Gasteiger partial charge < -0.3 is 15.0 Å². The monoisotopic (exact) mass is 343 g/mol. The quantitative estimate of drug-likeness (QED) is 0.771. The molecule has 124 valence electrons. The largest absolute Gasteiger partial charge is 0.497 e. The molecule has 0 spiro atoms. The van der Waals surface area contributed by atoms with E-state index in [0.29, 0.717) is 4.96 Å². The fourth-order valence-corrected chi connectivity index (χ4v) is 3.62. The van der Waals surface area contributed by atoms with Crippen LogP contribution in [0.4, 0.5) is 5.82 Å². The minimum Gasteiger partial charge on any atom is -0.497 e. The van der Waals surface area contributed by atoms with Crippen molar-refractivity contribution in [1.29, 1.82) is 0 Å². The van der Waals surface area contributed by atoms with Gasteiger partial charge in [-0.15, -0.1) is 0 Å². The van der Waals surface area contributed by atoms with Crippen molar-refractivity contribution in [1.82, 2.24) is 19.9 Å². The Morgan fingerprint density at radius 3 is 2.88 bits per heavy atom. The smallest absolute Gasteiger partial charge is 0.277 e. The second-order valence-corrected chi connectivity index (χ2v) is 6.48. The molecule has 0 atom stereocenters. The maximum atomic E-state index is 12.4. The van der Waals surface area contributed by atoms with Crippen molar-refractivity contribution >= 4 is 22.1 Å². The van der Waals surface area contributed by atoms with E-state index in [1.807, 2.05) is 24.3 Å². The lowest BCUT2D eigenvalue weighted by Crippen LogP contribution is -2.44. The number of piperazine rings is 1. The lowest BCUT2D eigenvalue weighted by atomic mass is 10.2. The van der Waals surface area contributed by atoms with E-state index in [-0.39, 0.29) is 5.56 Å². The van der Waals surface area contributed by atoms with Crippen molar-refractivity contribution < 1.29 is 4.74 Å². The molecule has 1 fully saturated rings. The van der Waals surface area contributed by atoms with Crippen LogP contribution in [-0.4, -0.2) is 47.9 Å². The topological polar surface area (TPSA) is 71.8 Å². The average molecular weight is 343 g/mol. The van der Waals surface area contributed by atoms with Gasteiger partial charge in [0.25, 0.3) is 5.56 Å². The summed E-state index contributed by atoms with van der Waals surface area (Å²) in [5.74, 6) is 1.48. The number of nitrogens with zero attached hydrogens (tertiary/aromatic N) is 4. The van der Waals surface area contributed by atoms with E-state index < -0.39 is 0 Å². The first-order valence-corrected chi connectivity index (χ1v) is 8.57. The van der Waals surface area contributed by atoms with Gasteiger partial charge in [-0.05, 0) is 12.1 Å². The van der Waals surface area contributed by atoms with Crippen LogP contribution in [0.15, 0.2) is 35.1 Å². The van der Waals surface area contributed by atoms with E-state index in [4.69, 9.17) is 4.74 Å². The molecule has 3 heterocycles. The highest BCUT2D eigenvalue weighted by Gasteiger charge is 2.16.